The zero-order valence-electron chi connectivity index (χ0n) is 15.5. The van der Waals surface area contributed by atoms with Gasteiger partial charge in [0.2, 0.25) is 0 Å². The molecule has 1 aromatic heterocycles. The number of hydrogen-bond donors (Lipinski definition) is 2. The number of hydrogen-bond acceptors (Lipinski definition) is 4. The van der Waals surface area contributed by atoms with Crippen LogP contribution in [0.5, 0.6) is 5.75 Å². The lowest BCUT2D eigenvalue weighted by Gasteiger charge is -2.38. The summed E-state index contributed by atoms with van der Waals surface area (Å²) < 4.78 is 0. The van der Waals surface area contributed by atoms with Crippen LogP contribution in [-0.2, 0) is 5.54 Å². The third kappa shape index (κ3) is 2.74. The molecule has 0 aliphatic heterocycles. The molecule has 4 heteroatoms. The Balaban J connectivity index is 1.70. The molecule has 138 valence electrons. The van der Waals surface area contributed by atoms with E-state index >= 15 is 0 Å². The number of nitrogens with zero attached hydrogens (tertiary/aromatic N) is 2. The molecular weight excluding hydrogens is 346 g/mol. The average molecular weight is 367 g/mol. The molecule has 0 radical (unpaired) electrons. The highest BCUT2D eigenvalue weighted by Crippen LogP contribution is 2.40. The zero-order chi connectivity index (χ0) is 19.1. The Kier molecular flexibility index (Phi) is 3.88. The monoisotopic (exact) mass is 367 g/mol. The molecule has 0 bridgehead atoms. The van der Waals surface area contributed by atoms with Gasteiger partial charge in [-0.2, -0.15) is 0 Å². The molecule has 1 aliphatic rings. The van der Waals surface area contributed by atoms with Crippen LogP contribution in [0, 0.1) is 0 Å². The molecule has 4 aromatic rings. The molecule has 1 heterocycles. The number of rotatable bonds is 3. The quantitative estimate of drug-likeness (QED) is 0.534. The van der Waals surface area contributed by atoms with Crippen LogP contribution in [-0.4, -0.2) is 15.1 Å². The maximum Gasteiger partial charge on any atom is 0.143 e. The highest BCUT2D eigenvalue weighted by Gasteiger charge is 2.34. The maximum atomic E-state index is 10.3. The van der Waals surface area contributed by atoms with E-state index in [0.717, 1.165) is 35.4 Å². The predicted octanol–water partition coefficient (Wildman–Crippen LogP) is 5.01. The van der Waals surface area contributed by atoms with Crippen LogP contribution in [0.2, 0.25) is 0 Å². The number of phenols is 1. The van der Waals surface area contributed by atoms with E-state index in [-0.39, 0.29) is 11.3 Å². The first kappa shape index (κ1) is 16.9. The first-order chi connectivity index (χ1) is 13.6. The van der Waals surface area contributed by atoms with Crippen LogP contribution < -0.4 is 5.73 Å². The number of aromatic nitrogens is 2. The molecule has 1 fully saturated rings. The normalized spacial score (nSPS) is 15.3. The Labute approximate surface area is 163 Å². The molecule has 3 aromatic carbocycles. The van der Waals surface area contributed by atoms with Crippen LogP contribution in [0.3, 0.4) is 0 Å². The summed E-state index contributed by atoms with van der Waals surface area (Å²) in [5.41, 5.74) is 12.1. The van der Waals surface area contributed by atoms with E-state index in [1.165, 1.54) is 12.0 Å². The van der Waals surface area contributed by atoms with E-state index in [0.29, 0.717) is 11.0 Å². The third-order valence-electron chi connectivity index (χ3n) is 5.70. The molecule has 5 rings (SSSR count). The zero-order valence-corrected chi connectivity index (χ0v) is 15.5. The number of para-hydroxylation sites is 1. The third-order valence-corrected chi connectivity index (χ3v) is 5.70. The minimum atomic E-state index is -0.186. The molecule has 0 unspecified atom stereocenters. The minimum Gasteiger partial charge on any atom is -0.506 e. The second-order valence-corrected chi connectivity index (χ2v) is 7.52. The summed E-state index contributed by atoms with van der Waals surface area (Å²) in [6, 6.07) is 23.6. The Morgan fingerprint density at radius 2 is 1.43 bits per heavy atom. The van der Waals surface area contributed by atoms with Crippen molar-refractivity contribution in [3.63, 3.8) is 0 Å². The van der Waals surface area contributed by atoms with E-state index in [4.69, 9.17) is 15.7 Å². The van der Waals surface area contributed by atoms with Gasteiger partial charge in [0.1, 0.15) is 11.3 Å². The molecule has 1 aliphatic carbocycles. The largest absolute Gasteiger partial charge is 0.506 e. The predicted molar refractivity (Wildman–Crippen MR) is 112 cm³/mol. The van der Waals surface area contributed by atoms with Crippen LogP contribution in [0.1, 0.15) is 24.8 Å². The van der Waals surface area contributed by atoms with Crippen molar-refractivity contribution in [2.45, 2.75) is 24.8 Å². The van der Waals surface area contributed by atoms with Crippen molar-refractivity contribution in [2.75, 3.05) is 0 Å². The number of phenolic OH excluding ortho intramolecular Hbond substituents is 1. The SMILES string of the molecule is NC1(c2ccc(-c3nc4c(O)cccc4nc3-c3ccccc3)cc2)CCC1. The van der Waals surface area contributed by atoms with Gasteiger partial charge in [-0.3, -0.25) is 0 Å². The topological polar surface area (TPSA) is 72.0 Å². The van der Waals surface area contributed by atoms with E-state index in [2.05, 4.69) is 24.3 Å². The summed E-state index contributed by atoms with van der Waals surface area (Å²) >= 11 is 0. The van der Waals surface area contributed by atoms with Gasteiger partial charge in [-0.1, -0.05) is 60.7 Å². The summed E-state index contributed by atoms with van der Waals surface area (Å²) in [7, 11) is 0. The van der Waals surface area contributed by atoms with Gasteiger partial charge < -0.3 is 10.8 Å². The molecule has 0 spiro atoms. The van der Waals surface area contributed by atoms with Crippen molar-refractivity contribution in [2.24, 2.45) is 5.73 Å². The van der Waals surface area contributed by atoms with Gasteiger partial charge in [0.05, 0.1) is 16.9 Å². The lowest BCUT2D eigenvalue weighted by atomic mass is 9.72. The molecule has 0 amide bonds. The second-order valence-electron chi connectivity index (χ2n) is 7.52. The molecule has 1 saturated carbocycles. The fraction of sp³-hybridized carbons (Fsp3) is 0.167. The van der Waals surface area contributed by atoms with Gasteiger partial charge >= 0.3 is 0 Å². The van der Waals surface area contributed by atoms with Gasteiger partial charge in [-0.15, -0.1) is 0 Å². The number of nitrogens with two attached hydrogens (primary N) is 1. The summed E-state index contributed by atoms with van der Waals surface area (Å²) in [5.74, 6) is 0.137. The number of benzene rings is 3. The van der Waals surface area contributed by atoms with Crippen LogP contribution in [0.15, 0.2) is 72.8 Å². The summed E-state index contributed by atoms with van der Waals surface area (Å²) in [4.78, 5) is 9.64. The Morgan fingerprint density at radius 1 is 0.750 bits per heavy atom. The number of aromatic hydroxyl groups is 1. The highest BCUT2D eigenvalue weighted by atomic mass is 16.3. The summed E-state index contributed by atoms with van der Waals surface area (Å²) in [6.07, 6.45) is 3.25. The van der Waals surface area contributed by atoms with E-state index in [1.54, 1.807) is 12.1 Å². The van der Waals surface area contributed by atoms with E-state index in [9.17, 15) is 5.11 Å². The van der Waals surface area contributed by atoms with Gasteiger partial charge in [0.25, 0.3) is 0 Å². The fourth-order valence-electron chi connectivity index (χ4n) is 3.87. The first-order valence-electron chi connectivity index (χ1n) is 9.59. The second kappa shape index (κ2) is 6.43. The Morgan fingerprint density at radius 3 is 2.11 bits per heavy atom. The van der Waals surface area contributed by atoms with E-state index < -0.39 is 0 Å². The van der Waals surface area contributed by atoms with Gasteiger partial charge in [0, 0.05) is 16.7 Å². The van der Waals surface area contributed by atoms with Crippen LogP contribution in [0.25, 0.3) is 33.5 Å². The molecule has 28 heavy (non-hydrogen) atoms. The molecular formula is C24H21N3O. The van der Waals surface area contributed by atoms with Gasteiger partial charge in [0.15, 0.2) is 0 Å². The highest BCUT2D eigenvalue weighted by molar-refractivity contribution is 5.89. The molecule has 0 saturated heterocycles. The first-order valence-corrected chi connectivity index (χ1v) is 9.59. The van der Waals surface area contributed by atoms with Gasteiger partial charge in [-0.25, -0.2) is 9.97 Å². The van der Waals surface area contributed by atoms with Crippen molar-refractivity contribution in [3.8, 4) is 28.3 Å². The van der Waals surface area contributed by atoms with Crippen molar-refractivity contribution >= 4 is 11.0 Å². The van der Waals surface area contributed by atoms with Crippen molar-refractivity contribution in [1.82, 2.24) is 9.97 Å². The van der Waals surface area contributed by atoms with Gasteiger partial charge in [-0.05, 0) is 37.0 Å². The lowest BCUT2D eigenvalue weighted by molar-refractivity contribution is 0.253. The van der Waals surface area contributed by atoms with Crippen molar-refractivity contribution in [1.29, 1.82) is 0 Å². The van der Waals surface area contributed by atoms with Crippen molar-refractivity contribution < 1.29 is 5.11 Å². The maximum absolute atomic E-state index is 10.3. The fourth-order valence-corrected chi connectivity index (χ4v) is 3.87. The standard InChI is InChI=1S/C24H21N3O/c25-24(14-5-15-24)18-12-10-17(11-13-18)22-21(16-6-2-1-3-7-16)26-19-8-4-9-20(28)23(19)27-22/h1-4,6-13,28H,5,14-15,25H2. The van der Waals surface area contributed by atoms with Crippen molar-refractivity contribution in [3.05, 3.63) is 78.4 Å². The van der Waals surface area contributed by atoms with Crippen LogP contribution >= 0.6 is 0 Å². The smallest absolute Gasteiger partial charge is 0.143 e. The van der Waals surface area contributed by atoms with Crippen LogP contribution in [0.4, 0.5) is 0 Å². The summed E-state index contributed by atoms with van der Waals surface area (Å²) in [6.45, 7) is 0. The Bertz CT molecular complexity index is 1150. The molecule has 3 N–H and O–H groups in total. The van der Waals surface area contributed by atoms with E-state index in [1.807, 2.05) is 36.4 Å². The average Bonchev–Trinajstić information content (AvgIpc) is 2.72. The molecule has 4 nitrogen and oxygen atoms in total. The summed E-state index contributed by atoms with van der Waals surface area (Å²) in [5, 5.41) is 10.3. The minimum absolute atomic E-state index is 0.137. The number of fused-ring (bicyclic) bond motifs is 1. The molecule has 0 atom stereocenters. The lowest BCUT2D eigenvalue weighted by Crippen LogP contribution is -2.43. The Hall–Kier alpha value is -3.24.